The van der Waals surface area contributed by atoms with E-state index in [1.807, 2.05) is 48.5 Å². The van der Waals surface area contributed by atoms with E-state index in [-0.39, 0.29) is 17.9 Å². The lowest BCUT2D eigenvalue weighted by Crippen LogP contribution is -2.62. The molecule has 2 atom stereocenters. The number of imide groups is 1. The number of likely N-dealkylation sites (tertiary alicyclic amines) is 1. The number of amides is 2. The molecule has 27 heavy (non-hydrogen) atoms. The van der Waals surface area contributed by atoms with Gasteiger partial charge in [-0.15, -0.1) is 0 Å². The average molecular weight is 381 g/mol. The largest absolute Gasteiger partial charge is 0.366 e. The summed E-state index contributed by atoms with van der Waals surface area (Å²) in [6.45, 7) is 5.03. The smallest absolute Gasteiger partial charge is 0.261 e. The van der Waals surface area contributed by atoms with Gasteiger partial charge in [0.15, 0.2) is 6.10 Å². The van der Waals surface area contributed by atoms with E-state index in [1.165, 1.54) is 17.0 Å². The summed E-state index contributed by atoms with van der Waals surface area (Å²) in [6.07, 6.45) is -0.572. The quantitative estimate of drug-likeness (QED) is 0.389. The van der Waals surface area contributed by atoms with Gasteiger partial charge < -0.3 is 4.74 Å². The van der Waals surface area contributed by atoms with Crippen LogP contribution in [0.2, 0.25) is 18.1 Å². The zero-order valence-corrected chi connectivity index (χ0v) is 16.9. The first-order valence-corrected chi connectivity index (χ1v) is 11.7. The SMILES string of the molecule is CC[Si](CC)CCO[C@H]1C(=O)N(C(=O)c2ccccc2)[C@H]1c1ccccc1. The van der Waals surface area contributed by atoms with Crippen molar-refractivity contribution < 1.29 is 14.3 Å². The Hall–Kier alpha value is -2.24. The Morgan fingerprint density at radius 3 is 2.19 bits per heavy atom. The van der Waals surface area contributed by atoms with Crippen LogP contribution in [0.1, 0.15) is 35.8 Å². The van der Waals surface area contributed by atoms with Crippen molar-refractivity contribution >= 4 is 20.6 Å². The van der Waals surface area contributed by atoms with E-state index in [9.17, 15) is 9.59 Å². The lowest BCUT2D eigenvalue weighted by atomic mass is 9.89. The minimum atomic E-state index is -0.572. The van der Waals surface area contributed by atoms with E-state index in [1.54, 1.807) is 12.1 Å². The van der Waals surface area contributed by atoms with E-state index in [0.29, 0.717) is 12.2 Å². The molecule has 1 radical (unpaired) electrons. The maximum Gasteiger partial charge on any atom is 0.261 e. The molecule has 0 saturated carbocycles. The lowest BCUT2D eigenvalue weighted by molar-refractivity contribution is -0.167. The van der Waals surface area contributed by atoms with E-state index in [0.717, 1.165) is 11.6 Å². The molecule has 2 amide bonds. The highest BCUT2D eigenvalue weighted by Gasteiger charge is 2.52. The predicted molar refractivity (Wildman–Crippen MR) is 108 cm³/mol. The van der Waals surface area contributed by atoms with Gasteiger partial charge in [-0.2, -0.15) is 0 Å². The Labute approximate surface area is 162 Å². The molecule has 1 heterocycles. The maximum absolute atomic E-state index is 12.9. The first-order valence-electron chi connectivity index (χ1n) is 9.59. The highest BCUT2D eigenvalue weighted by Crippen LogP contribution is 2.38. The lowest BCUT2D eigenvalue weighted by Gasteiger charge is -2.45. The molecule has 5 heteroatoms. The van der Waals surface area contributed by atoms with Gasteiger partial charge in [0.2, 0.25) is 0 Å². The summed E-state index contributed by atoms with van der Waals surface area (Å²) in [5, 5.41) is 0. The first kappa shape index (κ1) is 19.5. The highest BCUT2D eigenvalue weighted by molar-refractivity contribution is 6.58. The van der Waals surface area contributed by atoms with E-state index >= 15 is 0 Å². The Kier molecular flexibility index (Phi) is 6.58. The van der Waals surface area contributed by atoms with Gasteiger partial charge in [-0.1, -0.05) is 74.5 Å². The van der Waals surface area contributed by atoms with Gasteiger partial charge in [0.05, 0.1) is 0 Å². The molecule has 1 fully saturated rings. The van der Waals surface area contributed by atoms with Gasteiger partial charge in [0.25, 0.3) is 11.8 Å². The predicted octanol–water partition coefficient (Wildman–Crippen LogP) is 4.33. The summed E-state index contributed by atoms with van der Waals surface area (Å²) in [6, 6.07) is 21.7. The van der Waals surface area contributed by atoms with Crippen molar-refractivity contribution in [2.75, 3.05) is 6.61 Å². The normalized spacial score (nSPS) is 19.2. The highest BCUT2D eigenvalue weighted by atomic mass is 28.3. The Balaban J connectivity index is 1.76. The summed E-state index contributed by atoms with van der Waals surface area (Å²) in [5.41, 5.74) is 1.45. The molecule has 0 aromatic heterocycles. The van der Waals surface area contributed by atoms with Crippen molar-refractivity contribution in [3.63, 3.8) is 0 Å². The Morgan fingerprint density at radius 1 is 1.00 bits per heavy atom. The van der Waals surface area contributed by atoms with Crippen molar-refractivity contribution in [3.8, 4) is 0 Å². The van der Waals surface area contributed by atoms with Crippen molar-refractivity contribution in [1.29, 1.82) is 0 Å². The second-order valence-corrected chi connectivity index (χ2v) is 10.1. The molecule has 0 aliphatic carbocycles. The van der Waals surface area contributed by atoms with Crippen LogP contribution in [-0.2, 0) is 9.53 Å². The number of rotatable bonds is 8. The van der Waals surface area contributed by atoms with Crippen molar-refractivity contribution in [1.82, 2.24) is 4.90 Å². The molecule has 1 aliphatic heterocycles. The molecule has 0 bridgehead atoms. The van der Waals surface area contributed by atoms with Gasteiger partial charge in [0, 0.05) is 21.0 Å². The second-order valence-electron chi connectivity index (χ2n) is 6.73. The standard InChI is InChI=1S/C22H26NO3Si/c1-3-27(4-2)16-15-26-20-19(17-11-7-5-8-12-17)23(22(20)25)21(24)18-13-9-6-10-14-18/h5-14,19-20H,3-4,15-16H2,1-2H3/t19-,20+/m0/s1. The summed E-state index contributed by atoms with van der Waals surface area (Å²) in [4.78, 5) is 27.0. The van der Waals surface area contributed by atoms with Gasteiger partial charge in [-0.3, -0.25) is 14.5 Å². The fourth-order valence-electron chi connectivity index (χ4n) is 3.48. The molecular formula is C22H26NO3Si. The summed E-state index contributed by atoms with van der Waals surface area (Å²) < 4.78 is 5.99. The molecule has 2 aromatic carbocycles. The third-order valence-electron chi connectivity index (χ3n) is 5.18. The monoisotopic (exact) mass is 380 g/mol. The van der Waals surface area contributed by atoms with Crippen molar-refractivity contribution in [2.45, 2.75) is 44.1 Å². The van der Waals surface area contributed by atoms with E-state index < -0.39 is 14.9 Å². The Morgan fingerprint density at radius 2 is 1.59 bits per heavy atom. The zero-order valence-electron chi connectivity index (χ0n) is 15.9. The molecule has 2 aromatic rings. The molecule has 4 nitrogen and oxygen atoms in total. The van der Waals surface area contributed by atoms with E-state index in [4.69, 9.17) is 4.74 Å². The van der Waals surface area contributed by atoms with Gasteiger partial charge >= 0.3 is 0 Å². The van der Waals surface area contributed by atoms with Crippen LogP contribution in [0.5, 0.6) is 0 Å². The number of carbonyl (C=O) groups excluding carboxylic acids is 2. The van der Waals surface area contributed by atoms with Gasteiger partial charge in [-0.05, 0) is 23.7 Å². The third kappa shape index (κ3) is 4.20. The molecule has 0 unspecified atom stereocenters. The van der Waals surface area contributed by atoms with Crippen LogP contribution in [0.25, 0.3) is 0 Å². The van der Waals surface area contributed by atoms with Crippen LogP contribution in [0, 0.1) is 0 Å². The van der Waals surface area contributed by atoms with E-state index in [2.05, 4.69) is 13.8 Å². The second kappa shape index (κ2) is 9.11. The number of hydrogen-bond acceptors (Lipinski definition) is 3. The molecule has 1 aliphatic rings. The molecule has 141 valence electrons. The maximum atomic E-state index is 12.9. The molecule has 1 saturated heterocycles. The fraction of sp³-hybridized carbons (Fsp3) is 0.364. The number of ether oxygens (including phenoxy) is 1. The number of β-lactam (4-membered cyclic amide) rings is 1. The number of benzene rings is 2. The van der Waals surface area contributed by atoms with Crippen molar-refractivity contribution in [2.24, 2.45) is 0 Å². The summed E-state index contributed by atoms with van der Waals surface area (Å²) in [7, 11) is -0.390. The summed E-state index contributed by atoms with van der Waals surface area (Å²) in [5.74, 6) is -0.499. The molecular weight excluding hydrogens is 354 g/mol. The minimum absolute atomic E-state index is 0.237. The van der Waals surface area contributed by atoms with Crippen LogP contribution in [0.15, 0.2) is 60.7 Å². The third-order valence-corrected chi connectivity index (χ3v) is 8.09. The molecule has 0 spiro atoms. The fourth-order valence-corrected chi connectivity index (χ4v) is 5.09. The van der Waals surface area contributed by atoms with Gasteiger partial charge in [-0.25, -0.2) is 0 Å². The van der Waals surface area contributed by atoms with Crippen LogP contribution in [0.4, 0.5) is 0 Å². The van der Waals surface area contributed by atoms with Gasteiger partial charge in [0.1, 0.15) is 6.04 Å². The average Bonchev–Trinajstić information content (AvgIpc) is 2.73. The Bertz CT molecular complexity index is 762. The molecule has 3 rings (SSSR count). The topological polar surface area (TPSA) is 46.6 Å². The van der Waals surface area contributed by atoms with Crippen LogP contribution >= 0.6 is 0 Å². The number of carbonyl (C=O) groups is 2. The number of nitrogens with zero attached hydrogens (tertiary/aromatic N) is 1. The first-order chi connectivity index (χ1) is 13.2. The van der Waals surface area contributed by atoms with Crippen LogP contribution < -0.4 is 0 Å². The number of hydrogen-bond donors (Lipinski definition) is 0. The molecule has 0 N–H and O–H groups in total. The summed E-state index contributed by atoms with van der Waals surface area (Å²) >= 11 is 0. The zero-order chi connectivity index (χ0) is 19.2. The van der Waals surface area contributed by atoms with Crippen LogP contribution in [0.3, 0.4) is 0 Å². The van der Waals surface area contributed by atoms with Crippen molar-refractivity contribution in [3.05, 3.63) is 71.8 Å². The van der Waals surface area contributed by atoms with Crippen LogP contribution in [-0.4, -0.2) is 38.2 Å². The minimum Gasteiger partial charge on any atom is -0.366 e.